The largest absolute Gasteiger partial charge is 0.478 e. The summed E-state index contributed by atoms with van der Waals surface area (Å²) in [5.74, 6) is -2.33. The van der Waals surface area contributed by atoms with Crippen LogP contribution >= 0.6 is 11.6 Å². The number of carboxylic acids is 1. The molecular weight excluding hydrogens is 283 g/mol. The molecule has 0 saturated carbocycles. The number of carbonyl (C=O) groups is 2. The van der Waals surface area contributed by atoms with E-state index < -0.39 is 11.8 Å². The number of hydrogen-bond donors (Lipinski definition) is 1. The Kier molecular flexibility index (Phi) is 4.15. The number of carbonyl (C=O) groups excluding carboxylic acids is 1. The molecule has 2 aromatic carbocycles. The number of Topliss-reactive ketones (excluding diaryl/α,β-unsaturated/α-hetero) is 1. The molecule has 102 valence electrons. The normalized spacial score (nSPS) is 10.3. The van der Waals surface area contributed by atoms with Crippen molar-refractivity contribution < 1.29 is 19.1 Å². The molecule has 0 radical (unpaired) electrons. The summed E-state index contributed by atoms with van der Waals surface area (Å²) in [5, 5.41) is 9.50. The van der Waals surface area contributed by atoms with Gasteiger partial charge in [0.1, 0.15) is 5.82 Å². The molecule has 20 heavy (non-hydrogen) atoms. The molecule has 0 saturated heterocycles. The monoisotopic (exact) mass is 292 g/mol. The first-order chi connectivity index (χ1) is 9.49. The standard InChI is InChI=1S/C15H10ClFO3/c16-10-6-4-9(5-7-10)14(18)8-12-11(15(19)20)2-1-3-13(12)17/h1-7H,8H2,(H,19,20). The van der Waals surface area contributed by atoms with E-state index in [2.05, 4.69) is 0 Å². The maximum atomic E-state index is 13.7. The Bertz CT molecular complexity index is 665. The van der Waals surface area contributed by atoms with Crippen LogP contribution in [0.3, 0.4) is 0 Å². The average Bonchev–Trinajstić information content (AvgIpc) is 2.41. The van der Waals surface area contributed by atoms with Crippen molar-refractivity contribution >= 4 is 23.4 Å². The van der Waals surface area contributed by atoms with E-state index in [1.54, 1.807) is 12.1 Å². The summed E-state index contributed by atoms with van der Waals surface area (Å²) in [7, 11) is 0. The maximum absolute atomic E-state index is 13.7. The molecule has 0 unspecified atom stereocenters. The zero-order valence-corrected chi connectivity index (χ0v) is 11.0. The molecule has 1 N–H and O–H groups in total. The highest BCUT2D eigenvalue weighted by molar-refractivity contribution is 6.30. The van der Waals surface area contributed by atoms with Crippen LogP contribution in [0, 0.1) is 5.82 Å². The zero-order chi connectivity index (χ0) is 14.7. The van der Waals surface area contributed by atoms with Crippen molar-refractivity contribution in [3.63, 3.8) is 0 Å². The van der Waals surface area contributed by atoms with Gasteiger partial charge in [-0.05, 0) is 36.4 Å². The molecule has 2 aromatic rings. The minimum absolute atomic E-state index is 0.111. The molecule has 3 nitrogen and oxygen atoms in total. The van der Waals surface area contributed by atoms with Crippen LogP contribution in [0.15, 0.2) is 42.5 Å². The van der Waals surface area contributed by atoms with Crippen LogP contribution in [-0.4, -0.2) is 16.9 Å². The lowest BCUT2D eigenvalue weighted by Gasteiger charge is -2.07. The zero-order valence-electron chi connectivity index (χ0n) is 10.3. The second-order valence-electron chi connectivity index (χ2n) is 4.18. The van der Waals surface area contributed by atoms with Gasteiger partial charge in [0.25, 0.3) is 0 Å². The minimum atomic E-state index is -1.26. The summed E-state index contributed by atoms with van der Waals surface area (Å²) < 4.78 is 13.7. The van der Waals surface area contributed by atoms with E-state index in [0.29, 0.717) is 10.6 Å². The Hall–Kier alpha value is -2.20. The lowest BCUT2D eigenvalue weighted by molar-refractivity contribution is 0.0695. The van der Waals surface area contributed by atoms with Gasteiger partial charge < -0.3 is 5.11 Å². The summed E-state index contributed by atoms with van der Waals surface area (Å²) in [6.45, 7) is 0. The molecule has 0 fully saturated rings. The summed E-state index contributed by atoms with van der Waals surface area (Å²) >= 11 is 5.72. The Morgan fingerprint density at radius 1 is 1.10 bits per heavy atom. The number of ketones is 1. The van der Waals surface area contributed by atoms with Crippen molar-refractivity contribution in [3.05, 3.63) is 70.0 Å². The van der Waals surface area contributed by atoms with Crippen molar-refractivity contribution in [2.75, 3.05) is 0 Å². The van der Waals surface area contributed by atoms with Gasteiger partial charge in [-0.25, -0.2) is 9.18 Å². The molecule has 0 aliphatic rings. The predicted molar refractivity (Wildman–Crippen MR) is 72.8 cm³/mol. The van der Waals surface area contributed by atoms with Crippen LogP contribution in [0.5, 0.6) is 0 Å². The molecule has 0 atom stereocenters. The smallest absolute Gasteiger partial charge is 0.336 e. The molecule has 0 spiro atoms. The van der Waals surface area contributed by atoms with Crippen molar-refractivity contribution in [2.45, 2.75) is 6.42 Å². The summed E-state index contributed by atoms with van der Waals surface area (Å²) in [6, 6.07) is 9.85. The van der Waals surface area contributed by atoms with Gasteiger partial charge in [0, 0.05) is 22.6 Å². The van der Waals surface area contributed by atoms with Gasteiger partial charge in [-0.15, -0.1) is 0 Å². The van der Waals surface area contributed by atoms with Crippen molar-refractivity contribution in [1.29, 1.82) is 0 Å². The van der Waals surface area contributed by atoms with E-state index in [1.165, 1.54) is 24.3 Å². The van der Waals surface area contributed by atoms with E-state index in [9.17, 15) is 14.0 Å². The Morgan fingerprint density at radius 3 is 2.35 bits per heavy atom. The summed E-state index contributed by atoms with van der Waals surface area (Å²) in [5.41, 5.74) is 0.0428. The molecule has 2 rings (SSSR count). The first-order valence-electron chi connectivity index (χ1n) is 5.78. The Morgan fingerprint density at radius 2 is 1.75 bits per heavy atom. The first kappa shape index (κ1) is 14.2. The molecule has 0 aliphatic carbocycles. The van der Waals surface area contributed by atoms with E-state index >= 15 is 0 Å². The SMILES string of the molecule is O=C(Cc1c(F)cccc1C(=O)O)c1ccc(Cl)cc1. The highest BCUT2D eigenvalue weighted by Gasteiger charge is 2.17. The van der Waals surface area contributed by atoms with E-state index in [0.717, 1.165) is 6.07 Å². The topological polar surface area (TPSA) is 54.4 Å². The third-order valence-corrected chi connectivity index (χ3v) is 3.10. The van der Waals surface area contributed by atoms with Crippen molar-refractivity contribution in [3.8, 4) is 0 Å². The molecule has 0 amide bonds. The van der Waals surface area contributed by atoms with Crippen LogP contribution in [0.4, 0.5) is 4.39 Å². The fourth-order valence-corrected chi connectivity index (χ4v) is 1.96. The van der Waals surface area contributed by atoms with Crippen LogP contribution in [0.25, 0.3) is 0 Å². The molecular formula is C15H10ClFO3. The predicted octanol–water partition coefficient (Wildman–Crippen LogP) is 3.60. The van der Waals surface area contributed by atoms with Gasteiger partial charge in [0.2, 0.25) is 0 Å². The van der Waals surface area contributed by atoms with Gasteiger partial charge in [-0.1, -0.05) is 17.7 Å². The first-order valence-corrected chi connectivity index (χ1v) is 6.16. The number of hydrogen-bond acceptors (Lipinski definition) is 2. The third-order valence-electron chi connectivity index (χ3n) is 2.85. The van der Waals surface area contributed by atoms with Crippen molar-refractivity contribution in [2.24, 2.45) is 0 Å². The van der Waals surface area contributed by atoms with Gasteiger partial charge >= 0.3 is 5.97 Å². The van der Waals surface area contributed by atoms with Gasteiger partial charge in [-0.2, -0.15) is 0 Å². The number of aromatic carboxylic acids is 1. The summed E-state index contributed by atoms with van der Waals surface area (Å²) in [4.78, 5) is 23.1. The van der Waals surface area contributed by atoms with Crippen LogP contribution in [0.2, 0.25) is 5.02 Å². The second kappa shape index (κ2) is 5.84. The molecule has 0 bridgehead atoms. The minimum Gasteiger partial charge on any atom is -0.478 e. The Balaban J connectivity index is 2.32. The van der Waals surface area contributed by atoms with E-state index in [4.69, 9.17) is 16.7 Å². The van der Waals surface area contributed by atoms with E-state index in [1.807, 2.05) is 0 Å². The Labute approximate surface area is 119 Å². The lowest BCUT2D eigenvalue weighted by Crippen LogP contribution is -2.11. The number of rotatable bonds is 4. The van der Waals surface area contributed by atoms with Crippen LogP contribution < -0.4 is 0 Å². The van der Waals surface area contributed by atoms with E-state index in [-0.39, 0.29) is 23.3 Å². The highest BCUT2D eigenvalue weighted by Crippen LogP contribution is 2.18. The lowest BCUT2D eigenvalue weighted by atomic mass is 9.98. The van der Waals surface area contributed by atoms with Gasteiger partial charge in [-0.3, -0.25) is 4.79 Å². The van der Waals surface area contributed by atoms with Crippen LogP contribution in [0.1, 0.15) is 26.3 Å². The van der Waals surface area contributed by atoms with Crippen molar-refractivity contribution in [1.82, 2.24) is 0 Å². The van der Waals surface area contributed by atoms with Crippen LogP contribution in [-0.2, 0) is 6.42 Å². The average molecular weight is 293 g/mol. The molecule has 0 aliphatic heterocycles. The third kappa shape index (κ3) is 3.03. The van der Waals surface area contributed by atoms with Gasteiger partial charge in [0.05, 0.1) is 5.56 Å². The maximum Gasteiger partial charge on any atom is 0.336 e. The fraction of sp³-hybridized carbons (Fsp3) is 0.0667. The fourth-order valence-electron chi connectivity index (χ4n) is 1.84. The number of benzene rings is 2. The highest BCUT2D eigenvalue weighted by atomic mass is 35.5. The summed E-state index contributed by atoms with van der Waals surface area (Å²) in [6.07, 6.45) is -0.310. The number of carboxylic acid groups (broad SMARTS) is 1. The van der Waals surface area contributed by atoms with Gasteiger partial charge in [0.15, 0.2) is 5.78 Å². The quantitative estimate of drug-likeness (QED) is 0.876. The second-order valence-corrected chi connectivity index (χ2v) is 4.61. The molecule has 5 heteroatoms. The number of halogens is 2. The molecule has 0 heterocycles. The molecule has 0 aromatic heterocycles.